The molecule has 0 N–H and O–H groups in total. The van der Waals surface area contributed by atoms with Crippen molar-refractivity contribution in [3.63, 3.8) is 0 Å². The highest BCUT2D eigenvalue weighted by atomic mass is 80.0. The van der Waals surface area contributed by atoms with E-state index in [9.17, 15) is 0 Å². The smallest absolute Gasteiger partial charge is 0.0811 e. The van der Waals surface area contributed by atoms with Crippen molar-refractivity contribution in [2.75, 3.05) is 0 Å². The van der Waals surface area contributed by atoms with Gasteiger partial charge in [0.2, 0.25) is 1.60 Å². The predicted octanol–water partition coefficient (Wildman–Crippen LogP) is 3.02. The van der Waals surface area contributed by atoms with Crippen LogP contribution in [0.1, 0.15) is 0 Å². The summed E-state index contributed by atoms with van der Waals surface area (Å²) in [5, 5.41) is 0. The number of rotatable bonds is 0. The van der Waals surface area contributed by atoms with Crippen molar-refractivity contribution in [2.45, 2.75) is 1.60 Å². The molecule has 0 saturated carbocycles. The minimum Gasteiger partial charge on any atom is -0.0811 e. The van der Waals surface area contributed by atoms with Crippen molar-refractivity contribution in [1.29, 1.82) is 0 Å². The monoisotopic (exact) mass is 284 g/mol. The summed E-state index contributed by atoms with van der Waals surface area (Å²) < 4.78 is -0.590. The average Bonchev–Trinajstić information content (AvgIpc) is 0.722. The third-order valence-corrected chi connectivity index (χ3v) is 0. The van der Waals surface area contributed by atoms with Crippen LogP contribution in [0.3, 0.4) is 0 Å². The SMILES string of the molecule is ClC(Br)(Br)Br. The van der Waals surface area contributed by atoms with Gasteiger partial charge in [0, 0.05) is 0 Å². The van der Waals surface area contributed by atoms with E-state index in [1.54, 1.807) is 0 Å². The summed E-state index contributed by atoms with van der Waals surface area (Å²) in [5.41, 5.74) is 0. The summed E-state index contributed by atoms with van der Waals surface area (Å²) in [6.07, 6.45) is 0. The van der Waals surface area contributed by atoms with Gasteiger partial charge in [0.05, 0.1) is 0 Å². The van der Waals surface area contributed by atoms with Crippen molar-refractivity contribution in [2.24, 2.45) is 0 Å². The molecule has 0 aliphatic carbocycles. The van der Waals surface area contributed by atoms with Crippen molar-refractivity contribution in [1.82, 2.24) is 0 Å². The van der Waals surface area contributed by atoms with Gasteiger partial charge in [0.15, 0.2) is 0 Å². The van der Waals surface area contributed by atoms with Crippen molar-refractivity contribution < 1.29 is 0 Å². The zero-order valence-electron chi connectivity index (χ0n) is 2.01. The second-order valence-corrected chi connectivity index (χ2v) is 9.13. The minimum atomic E-state index is -0.590. The second kappa shape index (κ2) is 2.15. The quantitative estimate of drug-likeness (QED) is 0.601. The van der Waals surface area contributed by atoms with E-state index in [1.165, 1.54) is 0 Å². The molecule has 0 spiro atoms. The molecule has 0 rings (SSSR count). The van der Waals surface area contributed by atoms with Crippen LogP contribution in [0.2, 0.25) is 0 Å². The van der Waals surface area contributed by atoms with Gasteiger partial charge in [-0.3, -0.25) is 0 Å². The Labute approximate surface area is 60.6 Å². The molecule has 0 aliphatic rings. The Morgan fingerprint density at radius 1 is 1.20 bits per heavy atom. The van der Waals surface area contributed by atoms with E-state index in [-0.39, 0.29) is 0 Å². The third kappa shape index (κ3) is 26.6. The fraction of sp³-hybridized carbons (Fsp3) is 1.00. The summed E-state index contributed by atoms with van der Waals surface area (Å²) in [6, 6.07) is 0. The fourth-order valence-corrected chi connectivity index (χ4v) is 0. The van der Waals surface area contributed by atoms with Crippen molar-refractivity contribution in [3.8, 4) is 0 Å². The number of halogens is 4. The molecule has 32 valence electrons. The number of hydrogen-bond donors (Lipinski definition) is 0. The van der Waals surface area contributed by atoms with Crippen LogP contribution in [0.4, 0.5) is 0 Å². The largest absolute Gasteiger partial charge is 0.207 e. The molecule has 0 heterocycles. The van der Waals surface area contributed by atoms with Crippen molar-refractivity contribution >= 4 is 59.4 Å². The molecular weight excluding hydrogens is 287 g/mol. The molecule has 0 aromatic rings. The number of alkyl halides is 4. The van der Waals surface area contributed by atoms with Crippen molar-refractivity contribution in [3.05, 3.63) is 0 Å². The lowest BCUT2D eigenvalue weighted by Crippen LogP contribution is -1.76. The lowest BCUT2D eigenvalue weighted by Gasteiger charge is -1.92. The predicted molar refractivity (Wildman–Crippen MR) is 35.4 cm³/mol. The zero-order chi connectivity index (χ0) is 4.50. The second-order valence-electron chi connectivity index (χ2n) is 0.429. The molecule has 0 amide bonds. The first kappa shape index (κ1) is 6.73. The van der Waals surface area contributed by atoms with Gasteiger partial charge in [-0.1, -0.05) is 11.6 Å². The fourth-order valence-electron chi connectivity index (χ4n) is 0. The Bertz CT molecular complexity index is 22.4. The average molecular weight is 287 g/mol. The van der Waals surface area contributed by atoms with E-state index < -0.39 is 1.60 Å². The van der Waals surface area contributed by atoms with E-state index in [1.807, 2.05) is 0 Å². The number of hydrogen-bond acceptors (Lipinski definition) is 0. The summed E-state index contributed by atoms with van der Waals surface area (Å²) in [5.74, 6) is 0. The maximum absolute atomic E-state index is 5.28. The molecule has 0 unspecified atom stereocenters. The van der Waals surface area contributed by atoms with Crippen LogP contribution in [-0.2, 0) is 0 Å². The van der Waals surface area contributed by atoms with E-state index in [4.69, 9.17) is 11.6 Å². The molecule has 0 fully saturated rings. The zero-order valence-corrected chi connectivity index (χ0v) is 7.53. The van der Waals surface area contributed by atoms with Gasteiger partial charge in [0.25, 0.3) is 0 Å². The van der Waals surface area contributed by atoms with Crippen LogP contribution in [0.15, 0.2) is 0 Å². The first-order chi connectivity index (χ1) is 2.00. The Kier molecular flexibility index (Phi) is 2.89. The van der Waals surface area contributed by atoms with Crippen LogP contribution in [0.5, 0.6) is 0 Å². The molecule has 0 aromatic heterocycles. The maximum atomic E-state index is 5.28. The Morgan fingerprint density at radius 3 is 1.20 bits per heavy atom. The highest BCUT2D eigenvalue weighted by Crippen LogP contribution is 2.37. The summed E-state index contributed by atoms with van der Waals surface area (Å²) in [4.78, 5) is 0. The molecule has 0 atom stereocenters. The highest BCUT2D eigenvalue weighted by Gasteiger charge is 2.08. The lowest BCUT2D eigenvalue weighted by atomic mass is 11.9. The summed E-state index contributed by atoms with van der Waals surface area (Å²) in [7, 11) is 0. The van der Waals surface area contributed by atoms with E-state index in [0.717, 1.165) is 0 Å². The highest BCUT2D eigenvalue weighted by molar-refractivity contribution is 9.40. The van der Waals surface area contributed by atoms with Crippen LogP contribution in [-0.4, -0.2) is 1.60 Å². The van der Waals surface area contributed by atoms with Gasteiger partial charge in [-0.2, -0.15) is 0 Å². The molecule has 0 nitrogen and oxygen atoms in total. The summed E-state index contributed by atoms with van der Waals surface area (Å²) in [6.45, 7) is 0. The topological polar surface area (TPSA) is 0 Å². The maximum Gasteiger partial charge on any atom is 0.207 e. The molecule has 0 aromatic carbocycles. The third-order valence-electron chi connectivity index (χ3n) is 0. The van der Waals surface area contributed by atoms with Gasteiger partial charge in [-0.15, -0.1) is 0 Å². The molecule has 0 bridgehead atoms. The molecule has 0 saturated heterocycles. The van der Waals surface area contributed by atoms with Gasteiger partial charge < -0.3 is 0 Å². The van der Waals surface area contributed by atoms with Crippen LogP contribution in [0.25, 0.3) is 0 Å². The molecule has 0 aliphatic heterocycles. The lowest BCUT2D eigenvalue weighted by molar-refractivity contribution is 2.03. The molecule has 0 radical (unpaired) electrons. The van der Waals surface area contributed by atoms with E-state index in [2.05, 4.69) is 47.8 Å². The van der Waals surface area contributed by atoms with Crippen LogP contribution < -0.4 is 0 Å². The van der Waals surface area contributed by atoms with E-state index in [0.29, 0.717) is 0 Å². The van der Waals surface area contributed by atoms with Crippen LogP contribution in [0, 0.1) is 0 Å². The van der Waals surface area contributed by atoms with Gasteiger partial charge in [-0.05, 0) is 47.8 Å². The van der Waals surface area contributed by atoms with Gasteiger partial charge in [-0.25, -0.2) is 0 Å². The molecular formula is CBr3Cl. The van der Waals surface area contributed by atoms with Gasteiger partial charge >= 0.3 is 0 Å². The molecule has 4 heteroatoms. The van der Waals surface area contributed by atoms with E-state index >= 15 is 0 Å². The summed E-state index contributed by atoms with van der Waals surface area (Å²) >= 11 is 14.2. The first-order valence-corrected chi connectivity index (χ1v) is 3.51. The standard InChI is InChI=1S/CBr3Cl/c2-1(3,4)5. The minimum absolute atomic E-state index is 0.590. The first-order valence-electron chi connectivity index (χ1n) is 0.756. The normalized spacial score (nSPS) is 12.0. The Balaban J connectivity index is 3.02. The van der Waals surface area contributed by atoms with Gasteiger partial charge in [0.1, 0.15) is 0 Å². The molecule has 5 heavy (non-hydrogen) atoms. The van der Waals surface area contributed by atoms with Crippen LogP contribution >= 0.6 is 59.4 Å². The Hall–Kier alpha value is 1.73. The Morgan fingerprint density at radius 2 is 1.20 bits per heavy atom.